The van der Waals surface area contributed by atoms with Crippen LogP contribution in [-0.2, 0) is 22.6 Å². The number of halogens is 1. The van der Waals surface area contributed by atoms with Crippen LogP contribution in [0.4, 0.5) is 0 Å². The smallest absolute Gasteiger partial charge is 0.261 e. The zero-order chi connectivity index (χ0) is 19.1. The van der Waals surface area contributed by atoms with Crippen molar-refractivity contribution >= 4 is 17.5 Å². The maximum atomic E-state index is 12.2. The van der Waals surface area contributed by atoms with Gasteiger partial charge in [-0.1, -0.05) is 41.9 Å². The van der Waals surface area contributed by atoms with Gasteiger partial charge in [0, 0.05) is 31.2 Å². The van der Waals surface area contributed by atoms with Crippen LogP contribution in [0.1, 0.15) is 18.1 Å². The van der Waals surface area contributed by atoms with E-state index >= 15 is 0 Å². The molecule has 1 atom stereocenters. The van der Waals surface area contributed by atoms with Crippen molar-refractivity contribution < 1.29 is 14.3 Å². The fourth-order valence-electron chi connectivity index (χ4n) is 2.91. The third kappa shape index (κ3) is 6.24. The van der Waals surface area contributed by atoms with Crippen molar-refractivity contribution in [3.8, 4) is 5.75 Å². The molecular formula is C21H25ClN2O3. The molecule has 1 aliphatic heterocycles. The molecule has 5 nitrogen and oxygen atoms in total. The number of hydrogen-bond donors (Lipinski definition) is 1. The van der Waals surface area contributed by atoms with E-state index in [1.807, 2.05) is 0 Å². The number of carbonyl (C=O) groups excluding carboxylic acids is 1. The predicted molar refractivity (Wildman–Crippen MR) is 106 cm³/mol. The number of ether oxygens (including phenoxy) is 2. The molecule has 1 amide bonds. The first-order valence-corrected chi connectivity index (χ1v) is 9.56. The Balaban J connectivity index is 1.45. The van der Waals surface area contributed by atoms with Gasteiger partial charge in [-0.3, -0.25) is 9.69 Å². The third-order valence-corrected chi connectivity index (χ3v) is 4.71. The normalized spacial score (nSPS) is 15.9. The molecule has 1 aliphatic rings. The number of carbonyl (C=O) groups is 1. The largest absolute Gasteiger partial charge is 0.481 e. The molecule has 144 valence electrons. The highest BCUT2D eigenvalue weighted by atomic mass is 35.5. The van der Waals surface area contributed by atoms with E-state index in [1.54, 1.807) is 31.2 Å². The molecule has 1 saturated heterocycles. The van der Waals surface area contributed by atoms with Gasteiger partial charge in [0.25, 0.3) is 5.91 Å². The van der Waals surface area contributed by atoms with E-state index in [4.69, 9.17) is 21.1 Å². The van der Waals surface area contributed by atoms with Crippen molar-refractivity contribution in [3.63, 3.8) is 0 Å². The lowest BCUT2D eigenvalue weighted by Crippen LogP contribution is -2.36. The monoisotopic (exact) mass is 388 g/mol. The highest BCUT2D eigenvalue weighted by Crippen LogP contribution is 2.18. The number of benzene rings is 2. The lowest BCUT2D eigenvalue weighted by molar-refractivity contribution is -0.127. The molecule has 0 radical (unpaired) electrons. The molecule has 0 aliphatic carbocycles. The summed E-state index contributed by atoms with van der Waals surface area (Å²) < 4.78 is 11.0. The second kappa shape index (κ2) is 9.74. The van der Waals surface area contributed by atoms with Crippen LogP contribution in [0, 0.1) is 0 Å². The summed E-state index contributed by atoms with van der Waals surface area (Å²) in [5.41, 5.74) is 2.33. The van der Waals surface area contributed by atoms with E-state index in [1.165, 1.54) is 5.56 Å². The van der Waals surface area contributed by atoms with Crippen LogP contribution < -0.4 is 10.1 Å². The minimum Gasteiger partial charge on any atom is -0.481 e. The molecule has 2 aromatic rings. The van der Waals surface area contributed by atoms with Gasteiger partial charge in [0.1, 0.15) is 5.75 Å². The fraction of sp³-hybridized carbons (Fsp3) is 0.381. The first-order valence-electron chi connectivity index (χ1n) is 9.18. The summed E-state index contributed by atoms with van der Waals surface area (Å²) in [6, 6.07) is 15.4. The molecule has 1 N–H and O–H groups in total. The van der Waals surface area contributed by atoms with E-state index in [9.17, 15) is 4.79 Å². The first kappa shape index (κ1) is 19.7. The van der Waals surface area contributed by atoms with Gasteiger partial charge in [-0.15, -0.1) is 0 Å². The molecule has 1 heterocycles. The topological polar surface area (TPSA) is 50.8 Å². The maximum absolute atomic E-state index is 12.2. The number of nitrogens with one attached hydrogen (secondary N) is 1. The summed E-state index contributed by atoms with van der Waals surface area (Å²) in [6.45, 7) is 6.69. The molecule has 0 bridgehead atoms. The zero-order valence-electron chi connectivity index (χ0n) is 15.5. The number of nitrogens with zero attached hydrogens (tertiary/aromatic N) is 1. The summed E-state index contributed by atoms with van der Waals surface area (Å²) >= 11 is 5.93. The SMILES string of the molecule is CC(Oc1cccc(Cl)c1)C(=O)NCc1ccc(CN2CCOCC2)cc1. The average Bonchev–Trinajstić information content (AvgIpc) is 2.68. The number of amides is 1. The fourth-order valence-corrected chi connectivity index (χ4v) is 3.09. The number of rotatable bonds is 7. The third-order valence-electron chi connectivity index (χ3n) is 4.48. The lowest BCUT2D eigenvalue weighted by Gasteiger charge is -2.26. The van der Waals surface area contributed by atoms with Crippen molar-refractivity contribution in [2.45, 2.75) is 26.1 Å². The Labute approximate surface area is 165 Å². The molecule has 27 heavy (non-hydrogen) atoms. The van der Waals surface area contributed by atoms with E-state index < -0.39 is 6.10 Å². The van der Waals surface area contributed by atoms with Crippen molar-refractivity contribution in [2.75, 3.05) is 26.3 Å². The molecular weight excluding hydrogens is 364 g/mol. The summed E-state index contributed by atoms with van der Waals surface area (Å²) in [5.74, 6) is 0.421. The highest BCUT2D eigenvalue weighted by molar-refractivity contribution is 6.30. The predicted octanol–water partition coefficient (Wildman–Crippen LogP) is 3.26. The number of hydrogen-bond acceptors (Lipinski definition) is 4. The van der Waals surface area contributed by atoms with Crippen LogP contribution in [0.3, 0.4) is 0 Å². The molecule has 1 fully saturated rings. The summed E-state index contributed by atoms with van der Waals surface area (Å²) in [4.78, 5) is 14.6. The van der Waals surface area contributed by atoms with Crippen molar-refractivity contribution in [1.29, 1.82) is 0 Å². The minimum absolute atomic E-state index is 0.160. The first-order chi connectivity index (χ1) is 13.1. The van der Waals surface area contributed by atoms with Crippen molar-refractivity contribution in [2.24, 2.45) is 0 Å². The lowest BCUT2D eigenvalue weighted by atomic mass is 10.1. The molecule has 2 aromatic carbocycles. The summed E-state index contributed by atoms with van der Waals surface area (Å²) in [5, 5.41) is 3.49. The van der Waals surface area contributed by atoms with Crippen LogP contribution in [-0.4, -0.2) is 43.2 Å². The van der Waals surface area contributed by atoms with E-state index in [0.29, 0.717) is 17.3 Å². The Morgan fingerprint density at radius 3 is 2.59 bits per heavy atom. The Hall–Kier alpha value is -2.08. The van der Waals surface area contributed by atoms with Crippen LogP contribution in [0.5, 0.6) is 5.75 Å². The van der Waals surface area contributed by atoms with Crippen LogP contribution in [0.25, 0.3) is 0 Å². The minimum atomic E-state index is -0.593. The van der Waals surface area contributed by atoms with Gasteiger partial charge in [0.2, 0.25) is 0 Å². The molecule has 3 rings (SSSR count). The molecule has 1 unspecified atom stereocenters. The summed E-state index contributed by atoms with van der Waals surface area (Å²) in [6.07, 6.45) is -0.593. The second-order valence-corrected chi connectivity index (χ2v) is 7.08. The number of morpholine rings is 1. The van der Waals surface area contributed by atoms with E-state index in [0.717, 1.165) is 38.4 Å². The molecule has 0 aromatic heterocycles. The van der Waals surface area contributed by atoms with Gasteiger partial charge < -0.3 is 14.8 Å². The molecule has 0 spiro atoms. The second-order valence-electron chi connectivity index (χ2n) is 6.64. The average molecular weight is 389 g/mol. The van der Waals surface area contributed by atoms with Gasteiger partial charge in [-0.25, -0.2) is 0 Å². The van der Waals surface area contributed by atoms with Crippen LogP contribution >= 0.6 is 11.6 Å². The Kier molecular flexibility index (Phi) is 7.10. The van der Waals surface area contributed by atoms with Crippen LogP contribution in [0.2, 0.25) is 5.02 Å². The van der Waals surface area contributed by atoms with Crippen molar-refractivity contribution in [3.05, 3.63) is 64.7 Å². The van der Waals surface area contributed by atoms with Gasteiger partial charge in [-0.2, -0.15) is 0 Å². The Morgan fingerprint density at radius 2 is 1.89 bits per heavy atom. The zero-order valence-corrected chi connectivity index (χ0v) is 16.2. The van der Waals surface area contributed by atoms with Gasteiger partial charge in [0.05, 0.1) is 13.2 Å². The van der Waals surface area contributed by atoms with E-state index in [2.05, 4.69) is 34.5 Å². The summed E-state index contributed by atoms with van der Waals surface area (Å²) in [7, 11) is 0. The quantitative estimate of drug-likeness (QED) is 0.791. The molecule has 0 saturated carbocycles. The van der Waals surface area contributed by atoms with Gasteiger partial charge >= 0.3 is 0 Å². The van der Waals surface area contributed by atoms with Crippen molar-refractivity contribution in [1.82, 2.24) is 10.2 Å². The highest BCUT2D eigenvalue weighted by Gasteiger charge is 2.15. The standard InChI is InChI=1S/C21H25ClN2O3/c1-16(27-20-4-2-3-19(22)13-20)21(25)23-14-17-5-7-18(8-6-17)15-24-9-11-26-12-10-24/h2-8,13,16H,9-12,14-15H2,1H3,(H,23,25). The van der Waals surface area contributed by atoms with Crippen LogP contribution in [0.15, 0.2) is 48.5 Å². The van der Waals surface area contributed by atoms with E-state index in [-0.39, 0.29) is 5.91 Å². The Bertz CT molecular complexity index is 745. The Morgan fingerprint density at radius 1 is 1.19 bits per heavy atom. The molecule has 6 heteroatoms. The maximum Gasteiger partial charge on any atom is 0.261 e. The van der Waals surface area contributed by atoms with Gasteiger partial charge in [0.15, 0.2) is 6.10 Å². The van der Waals surface area contributed by atoms with Gasteiger partial charge in [-0.05, 0) is 36.2 Å².